The molecule has 1 aromatic rings. The molecule has 0 spiro atoms. The van der Waals surface area contributed by atoms with Crippen molar-refractivity contribution in [3.63, 3.8) is 0 Å². The van der Waals surface area contributed by atoms with Crippen molar-refractivity contribution in [1.82, 2.24) is 4.90 Å². The van der Waals surface area contributed by atoms with Crippen molar-refractivity contribution < 1.29 is 15.0 Å². The normalized spacial score (nSPS) is 28.6. The van der Waals surface area contributed by atoms with E-state index in [1.165, 1.54) is 0 Å². The third kappa shape index (κ3) is 3.34. The van der Waals surface area contributed by atoms with E-state index in [1.807, 2.05) is 24.3 Å². The molecule has 0 aromatic heterocycles. The van der Waals surface area contributed by atoms with E-state index in [1.54, 1.807) is 4.90 Å². The van der Waals surface area contributed by atoms with E-state index in [9.17, 15) is 20.3 Å². The molecular weight excluding hydrogens is 340 g/mol. The van der Waals surface area contributed by atoms with E-state index in [0.717, 1.165) is 49.7 Å². The second kappa shape index (κ2) is 7.00. The summed E-state index contributed by atoms with van der Waals surface area (Å²) >= 11 is 0. The molecule has 3 atom stereocenters. The van der Waals surface area contributed by atoms with Crippen LogP contribution < -0.4 is 0 Å². The summed E-state index contributed by atoms with van der Waals surface area (Å²) in [5.74, 6) is 5.91. The van der Waals surface area contributed by atoms with Gasteiger partial charge in [0.25, 0.3) is 0 Å². The van der Waals surface area contributed by atoms with Crippen LogP contribution in [0.15, 0.2) is 24.3 Å². The Morgan fingerprint density at radius 3 is 2.44 bits per heavy atom. The highest BCUT2D eigenvalue weighted by Gasteiger charge is 2.53. The summed E-state index contributed by atoms with van der Waals surface area (Å²) in [7, 11) is 0. The molecule has 0 radical (unpaired) electrons. The van der Waals surface area contributed by atoms with Crippen LogP contribution in [0.2, 0.25) is 0 Å². The molecule has 1 saturated heterocycles. The molecule has 3 fully saturated rings. The molecule has 1 heterocycles. The van der Waals surface area contributed by atoms with Gasteiger partial charge < -0.3 is 15.1 Å². The molecule has 2 saturated carbocycles. The minimum atomic E-state index is -0.857. The maximum atomic E-state index is 12.4. The van der Waals surface area contributed by atoms with Gasteiger partial charge in [-0.05, 0) is 56.2 Å². The average molecular weight is 364 g/mol. The largest absolute Gasteiger partial charge is 0.394 e. The van der Waals surface area contributed by atoms with Crippen molar-refractivity contribution in [2.24, 2.45) is 5.92 Å². The Bertz CT molecular complexity index is 820. The number of rotatable bonds is 3. The first kappa shape index (κ1) is 18.0. The van der Waals surface area contributed by atoms with Crippen molar-refractivity contribution in [3.8, 4) is 17.9 Å². The molecule has 1 amide bonds. The number of hydrogen-bond donors (Lipinski definition) is 2. The third-order valence-electron chi connectivity index (χ3n) is 6.08. The van der Waals surface area contributed by atoms with Crippen molar-refractivity contribution in [3.05, 3.63) is 35.4 Å². The number of carbonyl (C=O) groups is 1. The number of hydrogen-bond acceptors (Lipinski definition) is 4. The first-order valence-electron chi connectivity index (χ1n) is 9.74. The molecule has 2 aliphatic carbocycles. The van der Waals surface area contributed by atoms with Gasteiger partial charge in [0.05, 0.1) is 18.7 Å². The molecule has 0 unspecified atom stereocenters. The number of aliphatic hydroxyl groups is 2. The van der Waals surface area contributed by atoms with Crippen LogP contribution in [-0.2, 0) is 4.79 Å². The van der Waals surface area contributed by atoms with Crippen LogP contribution >= 0.6 is 0 Å². The number of benzene rings is 1. The fourth-order valence-electron chi connectivity index (χ4n) is 4.31. The molecule has 27 heavy (non-hydrogen) atoms. The minimum absolute atomic E-state index is 0.00384. The summed E-state index contributed by atoms with van der Waals surface area (Å²) in [5.41, 5.74) is 0.897. The standard InChI is InChI=1S/C22H24N2O3/c23-13-18-20(19(14-25)24(18)21(26)17-7-8-17)16-5-3-15(4-6-16)9-12-22(27)10-1-2-11-22/h3-6,17-20,25,27H,1-2,7-8,10-11,14H2/t18-,19-,20+/m0/s1. The monoisotopic (exact) mass is 364 g/mol. The van der Waals surface area contributed by atoms with Gasteiger partial charge in [-0.1, -0.05) is 24.0 Å². The molecule has 4 rings (SSSR count). The maximum Gasteiger partial charge on any atom is 0.227 e. The molecule has 1 aromatic carbocycles. The average Bonchev–Trinajstić information content (AvgIpc) is 3.43. The molecule has 5 nitrogen and oxygen atoms in total. The van der Waals surface area contributed by atoms with Crippen LogP contribution in [0.4, 0.5) is 0 Å². The summed E-state index contributed by atoms with van der Waals surface area (Å²) in [5, 5.41) is 29.7. The molecule has 1 aliphatic heterocycles. The Hall–Kier alpha value is -2.34. The highest BCUT2D eigenvalue weighted by atomic mass is 16.3. The molecule has 2 N–H and O–H groups in total. The lowest BCUT2D eigenvalue weighted by molar-refractivity contribution is -0.148. The van der Waals surface area contributed by atoms with Gasteiger partial charge in [-0.2, -0.15) is 5.26 Å². The van der Waals surface area contributed by atoms with Gasteiger partial charge >= 0.3 is 0 Å². The van der Waals surface area contributed by atoms with Gasteiger partial charge in [-0.15, -0.1) is 0 Å². The smallest absolute Gasteiger partial charge is 0.227 e. The zero-order valence-corrected chi connectivity index (χ0v) is 15.3. The summed E-state index contributed by atoms with van der Waals surface area (Å²) in [6.45, 7) is -0.143. The predicted octanol–water partition coefficient (Wildman–Crippen LogP) is 1.93. The fraction of sp³-hybridized carbons (Fsp3) is 0.545. The van der Waals surface area contributed by atoms with Crippen molar-refractivity contribution in [2.75, 3.05) is 6.61 Å². The lowest BCUT2D eigenvalue weighted by Gasteiger charge is -2.51. The van der Waals surface area contributed by atoms with E-state index in [0.29, 0.717) is 0 Å². The van der Waals surface area contributed by atoms with E-state index < -0.39 is 11.6 Å². The number of likely N-dealkylation sites (tertiary alicyclic amines) is 1. The van der Waals surface area contributed by atoms with Gasteiger partial charge in [0.15, 0.2) is 0 Å². The van der Waals surface area contributed by atoms with Crippen LogP contribution in [0.3, 0.4) is 0 Å². The summed E-state index contributed by atoms with van der Waals surface area (Å²) in [6, 6.07) is 8.99. The minimum Gasteiger partial charge on any atom is -0.394 e. The number of amides is 1. The lowest BCUT2D eigenvalue weighted by atomic mass is 9.75. The molecule has 0 bridgehead atoms. The highest BCUT2D eigenvalue weighted by molar-refractivity contribution is 5.83. The summed E-state index contributed by atoms with van der Waals surface area (Å²) in [4.78, 5) is 14.0. The van der Waals surface area contributed by atoms with Crippen molar-refractivity contribution in [2.45, 2.75) is 62.1 Å². The van der Waals surface area contributed by atoms with E-state index in [2.05, 4.69) is 17.9 Å². The summed E-state index contributed by atoms with van der Waals surface area (Å²) < 4.78 is 0. The third-order valence-corrected chi connectivity index (χ3v) is 6.08. The highest BCUT2D eigenvalue weighted by Crippen LogP contribution is 2.44. The number of nitrogens with zero attached hydrogens (tertiary/aromatic N) is 2. The number of aliphatic hydroxyl groups excluding tert-OH is 1. The van der Waals surface area contributed by atoms with Crippen LogP contribution in [0, 0.1) is 29.1 Å². The Morgan fingerprint density at radius 1 is 1.22 bits per heavy atom. The second-order valence-corrected chi connectivity index (χ2v) is 7.98. The van der Waals surface area contributed by atoms with Crippen molar-refractivity contribution in [1.29, 1.82) is 5.26 Å². The zero-order chi connectivity index (χ0) is 19.0. The van der Waals surface area contributed by atoms with Gasteiger partial charge in [-0.25, -0.2) is 0 Å². The van der Waals surface area contributed by atoms with Gasteiger partial charge in [0.2, 0.25) is 5.91 Å². The first-order valence-corrected chi connectivity index (χ1v) is 9.74. The Labute approximate surface area is 159 Å². The van der Waals surface area contributed by atoms with Crippen LogP contribution in [-0.4, -0.2) is 45.3 Å². The maximum absolute atomic E-state index is 12.4. The van der Waals surface area contributed by atoms with E-state index in [-0.39, 0.29) is 30.4 Å². The number of carbonyl (C=O) groups excluding carboxylic acids is 1. The second-order valence-electron chi connectivity index (χ2n) is 7.98. The first-order chi connectivity index (χ1) is 13.1. The van der Waals surface area contributed by atoms with E-state index >= 15 is 0 Å². The molecule has 140 valence electrons. The molecular formula is C22H24N2O3. The van der Waals surface area contributed by atoms with Gasteiger partial charge in [-0.3, -0.25) is 4.79 Å². The quantitative estimate of drug-likeness (QED) is 0.803. The number of nitriles is 1. The Morgan fingerprint density at radius 2 is 1.89 bits per heavy atom. The van der Waals surface area contributed by atoms with Crippen LogP contribution in [0.25, 0.3) is 0 Å². The Kier molecular flexibility index (Phi) is 4.68. The predicted molar refractivity (Wildman–Crippen MR) is 99.3 cm³/mol. The van der Waals surface area contributed by atoms with Crippen LogP contribution in [0.5, 0.6) is 0 Å². The zero-order valence-electron chi connectivity index (χ0n) is 15.3. The SMILES string of the molecule is N#C[C@H]1[C@@H](c2ccc(C#CC3(O)CCCC3)cc2)[C@H](CO)N1C(=O)C1CC1. The molecule has 3 aliphatic rings. The van der Waals surface area contributed by atoms with Gasteiger partial charge in [0.1, 0.15) is 11.6 Å². The Balaban J connectivity index is 1.50. The summed E-state index contributed by atoms with van der Waals surface area (Å²) in [6.07, 6.45) is 5.26. The molecule has 5 heteroatoms. The lowest BCUT2D eigenvalue weighted by Crippen LogP contribution is -2.65. The van der Waals surface area contributed by atoms with Crippen LogP contribution in [0.1, 0.15) is 55.6 Å². The fourth-order valence-corrected chi connectivity index (χ4v) is 4.31. The van der Waals surface area contributed by atoms with E-state index in [4.69, 9.17) is 0 Å². The van der Waals surface area contributed by atoms with Crippen molar-refractivity contribution >= 4 is 5.91 Å². The van der Waals surface area contributed by atoms with Gasteiger partial charge in [0, 0.05) is 17.4 Å². The topological polar surface area (TPSA) is 84.6 Å².